The Balaban J connectivity index is 1.90. The quantitative estimate of drug-likeness (QED) is 0.756. The maximum Gasteiger partial charge on any atom is 0.175 e. The standard InChI is InChI=1S/C12H14FNOS/c13-11-7-14-6-5-10(11)12(15)8-16-9-3-1-2-4-9/h5-7,9H,1-4,8H2. The lowest BCUT2D eigenvalue weighted by Gasteiger charge is -2.07. The molecule has 0 atom stereocenters. The molecule has 0 bridgehead atoms. The number of aromatic nitrogens is 1. The van der Waals surface area contributed by atoms with Crippen LogP contribution in [0.2, 0.25) is 0 Å². The van der Waals surface area contributed by atoms with Gasteiger partial charge in [-0.15, -0.1) is 0 Å². The van der Waals surface area contributed by atoms with Crippen molar-refractivity contribution in [2.45, 2.75) is 30.9 Å². The first-order valence-corrected chi connectivity index (χ1v) is 6.56. The van der Waals surface area contributed by atoms with Gasteiger partial charge in [0.1, 0.15) is 0 Å². The zero-order chi connectivity index (χ0) is 11.4. The fourth-order valence-corrected chi connectivity index (χ4v) is 3.14. The molecule has 16 heavy (non-hydrogen) atoms. The van der Waals surface area contributed by atoms with E-state index in [0.29, 0.717) is 11.0 Å². The van der Waals surface area contributed by atoms with Gasteiger partial charge in [0.15, 0.2) is 11.6 Å². The summed E-state index contributed by atoms with van der Waals surface area (Å²) < 4.78 is 13.2. The number of carbonyl (C=O) groups is 1. The highest BCUT2D eigenvalue weighted by atomic mass is 32.2. The first kappa shape index (κ1) is 11.6. The summed E-state index contributed by atoms with van der Waals surface area (Å²) in [5.41, 5.74) is 0.167. The van der Waals surface area contributed by atoms with Crippen LogP contribution in [0.15, 0.2) is 18.5 Å². The molecule has 86 valence electrons. The molecule has 0 aliphatic heterocycles. The molecule has 0 aromatic carbocycles. The van der Waals surface area contributed by atoms with Gasteiger partial charge in [-0.2, -0.15) is 11.8 Å². The third-order valence-electron chi connectivity index (χ3n) is 2.83. The van der Waals surface area contributed by atoms with Crippen molar-refractivity contribution in [3.05, 3.63) is 29.8 Å². The highest BCUT2D eigenvalue weighted by Crippen LogP contribution is 2.29. The number of halogens is 1. The number of pyridine rings is 1. The normalized spacial score (nSPS) is 16.6. The molecule has 1 saturated carbocycles. The minimum absolute atomic E-state index is 0.128. The van der Waals surface area contributed by atoms with Crippen molar-refractivity contribution in [2.75, 3.05) is 5.75 Å². The Morgan fingerprint density at radius 3 is 2.94 bits per heavy atom. The molecular formula is C12H14FNOS. The van der Waals surface area contributed by atoms with E-state index in [1.54, 1.807) is 11.8 Å². The number of hydrogen-bond acceptors (Lipinski definition) is 3. The van der Waals surface area contributed by atoms with Gasteiger partial charge in [-0.25, -0.2) is 4.39 Å². The molecule has 0 spiro atoms. The van der Waals surface area contributed by atoms with E-state index in [9.17, 15) is 9.18 Å². The Kier molecular flexibility index (Phi) is 3.93. The van der Waals surface area contributed by atoms with Crippen LogP contribution in [0.3, 0.4) is 0 Å². The van der Waals surface area contributed by atoms with Crippen molar-refractivity contribution in [2.24, 2.45) is 0 Å². The molecule has 1 heterocycles. The fraction of sp³-hybridized carbons (Fsp3) is 0.500. The molecular weight excluding hydrogens is 225 g/mol. The molecule has 4 heteroatoms. The molecule has 1 aromatic heterocycles. The molecule has 2 rings (SSSR count). The Morgan fingerprint density at radius 1 is 1.50 bits per heavy atom. The van der Waals surface area contributed by atoms with Gasteiger partial charge in [-0.3, -0.25) is 9.78 Å². The first-order chi connectivity index (χ1) is 7.77. The third kappa shape index (κ3) is 2.82. The molecule has 2 nitrogen and oxygen atoms in total. The maximum absolute atomic E-state index is 13.2. The second-order valence-electron chi connectivity index (χ2n) is 4.00. The van der Waals surface area contributed by atoms with Crippen LogP contribution in [0.5, 0.6) is 0 Å². The highest BCUT2D eigenvalue weighted by molar-refractivity contribution is 8.00. The van der Waals surface area contributed by atoms with Crippen LogP contribution in [0.25, 0.3) is 0 Å². The number of Topliss-reactive ketones (excluding diaryl/α,β-unsaturated/α-hetero) is 1. The summed E-state index contributed by atoms with van der Waals surface area (Å²) in [5, 5.41) is 0.592. The summed E-state index contributed by atoms with van der Waals surface area (Å²) in [6.45, 7) is 0. The average Bonchev–Trinajstić information content (AvgIpc) is 2.79. The molecule has 0 amide bonds. The van der Waals surface area contributed by atoms with Gasteiger partial charge in [-0.05, 0) is 18.9 Å². The van der Waals surface area contributed by atoms with Gasteiger partial charge >= 0.3 is 0 Å². The van der Waals surface area contributed by atoms with Crippen molar-refractivity contribution >= 4 is 17.5 Å². The van der Waals surface area contributed by atoms with Crippen molar-refractivity contribution in [3.8, 4) is 0 Å². The van der Waals surface area contributed by atoms with E-state index >= 15 is 0 Å². The zero-order valence-electron chi connectivity index (χ0n) is 8.99. The van der Waals surface area contributed by atoms with Crippen LogP contribution in [-0.2, 0) is 0 Å². The third-order valence-corrected chi connectivity index (χ3v) is 4.20. The Bertz CT molecular complexity index is 377. The summed E-state index contributed by atoms with van der Waals surface area (Å²) in [4.78, 5) is 15.4. The van der Waals surface area contributed by atoms with Crippen molar-refractivity contribution in [1.29, 1.82) is 0 Å². The predicted octanol–water partition coefficient (Wildman–Crippen LogP) is 3.08. The van der Waals surface area contributed by atoms with Gasteiger partial charge in [0.05, 0.1) is 17.5 Å². The minimum atomic E-state index is -0.514. The molecule has 0 saturated heterocycles. The smallest absolute Gasteiger partial charge is 0.175 e. The molecule has 1 fully saturated rings. The second kappa shape index (κ2) is 5.43. The number of rotatable bonds is 4. The van der Waals surface area contributed by atoms with E-state index in [1.165, 1.54) is 37.9 Å². The Hall–Kier alpha value is -0.900. The van der Waals surface area contributed by atoms with Gasteiger partial charge < -0.3 is 0 Å². The maximum atomic E-state index is 13.2. The second-order valence-corrected chi connectivity index (χ2v) is 5.28. The lowest BCUT2D eigenvalue weighted by Crippen LogP contribution is -2.08. The minimum Gasteiger partial charge on any atom is -0.293 e. The van der Waals surface area contributed by atoms with E-state index in [4.69, 9.17) is 0 Å². The number of carbonyl (C=O) groups excluding carboxylic acids is 1. The summed E-state index contributed by atoms with van der Waals surface area (Å²) in [7, 11) is 0. The largest absolute Gasteiger partial charge is 0.293 e. The SMILES string of the molecule is O=C(CSC1CCCC1)c1ccncc1F. The molecule has 1 aliphatic carbocycles. The summed E-state index contributed by atoms with van der Waals surface area (Å²) >= 11 is 1.66. The Labute approximate surface area is 98.6 Å². The van der Waals surface area contributed by atoms with Crippen LogP contribution in [0, 0.1) is 5.82 Å². The topological polar surface area (TPSA) is 30.0 Å². The lowest BCUT2D eigenvalue weighted by molar-refractivity contribution is 0.101. The zero-order valence-corrected chi connectivity index (χ0v) is 9.80. The molecule has 1 aliphatic rings. The number of ketones is 1. The van der Waals surface area contributed by atoms with Gasteiger partial charge in [0, 0.05) is 11.4 Å². The van der Waals surface area contributed by atoms with Crippen LogP contribution < -0.4 is 0 Å². The van der Waals surface area contributed by atoms with Crippen LogP contribution in [0.1, 0.15) is 36.0 Å². The van der Waals surface area contributed by atoms with Crippen molar-refractivity contribution < 1.29 is 9.18 Å². The fourth-order valence-electron chi connectivity index (χ4n) is 1.93. The van der Waals surface area contributed by atoms with Gasteiger partial charge in [-0.1, -0.05) is 12.8 Å². The highest BCUT2D eigenvalue weighted by Gasteiger charge is 2.18. The molecule has 0 N–H and O–H groups in total. The predicted molar refractivity (Wildman–Crippen MR) is 63.2 cm³/mol. The number of thioether (sulfide) groups is 1. The van der Waals surface area contributed by atoms with Crippen molar-refractivity contribution in [1.82, 2.24) is 4.98 Å². The summed E-state index contributed by atoms with van der Waals surface area (Å²) in [6.07, 6.45) is 7.45. The molecule has 1 aromatic rings. The summed E-state index contributed by atoms with van der Waals surface area (Å²) in [6, 6.07) is 1.45. The summed E-state index contributed by atoms with van der Waals surface area (Å²) in [5.74, 6) is -0.262. The van der Waals surface area contributed by atoms with Gasteiger partial charge in [0.2, 0.25) is 0 Å². The van der Waals surface area contributed by atoms with Gasteiger partial charge in [0.25, 0.3) is 0 Å². The first-order valence-electron chi connectivity index (χ1n) is 5.51. The molecule has 0 unspecified atom stereocenters. The Morgan fingerprint density at radius 2 is 2.25 bits per heavy atom. The molecule has 0 radical (unpaired) electrons. The lowest BCUT2D eigenvalue weighted by atomic mass is 10.2. The number of nitrogens with zero attached hydrogens (tertiary/aromatic N) is 1. The van der Waals surface area contributed by atoms with Crippen LogP contribution in [-0.4, -0.2) is 21.8 Å². The average molecular weight is 239 g/mol. The van der Waals surface area contributed by atoms with Crippen LogP contribution in [0.4, 0.5) is 4.39 Å². The van der Waals surface area contributed by atoms with E-state index in [0.717, 1.165) is 6.20 Å². The van der Waals surface area contributed by atoms with E-state index in [-0.39, 0.29) is 11.3 Å². The van der Waals surface area contributed by atoms with Crippen LogP contribution >= 0.6 is 11.8 Å². The van der Waals surface area contributed by atoms with E-state index in [1.807, 2.05) is 0 Å². The number of hydrogen-bond donors (Lipinski definition) is 0. The van der Waals surface area contributed by atoms with E-state index in [2.05, 4.69) is 4.98 Å². The van der Waals surface area contributed by atoms with Crippen molar-refractivity contribution in [3.63, 3.8) is 0 Å². The monoisotopic (exact) mass is 239 g/mol. The van der Waals surface area contributed by atoms with E-state index < -0.39 is 5.82 Å².